The van der Waals surface area contributed by atoms with Gasteiger partial charge >= 0.3 is 5.69 Å². The van der Waals surface area contributed by atoms with Crippen LogP contribution < -0.4 is 16.6 Å². The fraction of sp³-hybridized carbons (Fsp3) is 0.471. The number of aromatic nitrogens is 2. The van der Waals surface area contributed by atoms with Crippen molar-refractivity contribution in [2.45, 2.75) is 45.2 Å². The summed E-state index contributed by atoms with van der Waals surface area (Å²) in [6.45, 7) is 1.97. The summed E-state index contributed by atoms with van der Waals surface area (Å²) in [6.07, 6.45) is 4.11. The Bertz CT molecular complexity index is 829. The van der Waals surface area contributed by atoms with Gasteiger partial charge in [0.15, 0.2) is 0 Å². The van der Waals surface area contributed by atoms with E-state index in [2.05, 4.69) is 17.2 Å². The van der Waals surface area contributed by atoms with Crippen molar-refractivity contribution in [2.24, 2.45) is 5.92 Å². The Morgan fingerprint density at radius 1 is 1.22 bits per heavy atom. The lowest BCUT2D eigenvalue weighted by Crippen LogP contribution is -2.44. The number of amides is 1. The molecule has 2 aromatic rings. The molecule has 2 N–H and O–H groups in total. The van der Waals surface area contributed by atoms with Crippen LogP contribution in [0.5, 0.6) is 0 Å². The highest BCUT2D eigenvalue weighted by Crippen LogP contribution is 2.23. The van der Waals surface area contributed by atoms with Gasteiger partial charge in [-0.05, 0) is 43.7 Å². The molecule has 1 aromatic heterocycles. The first kappa shape index (κ1) is 15.5. The van der Waals surface area contributed by atoms with Crippen molar-refractivity contribution >= 4 is 16.8 Å². The summed E-state index contributed by atoms with van der Waals surface area (Å²) in [6, 6.07) is 6.94. The van der Waals surface area contributed by atoms with Gasteiger partial charge in [-0.15, -0.1) is 0 Å². The molecule has 0 aliphatic heterocycles. The van der Waals surface area contributed by atoms with E-state index in [0.29, 0.717) is 16.8 Å². The molecule has 23 heavy (non-hydrogen) atoms. The highest BCUT2D eigenvalue weighted by molar-refractivity contribution is 5.79. The maximum atomic E-state index is 12.4. The third-order valence-corrected chi connectivity index (χ3v) is 4.57. The average molecular weight is 315 g/mol. The number of fused-ring (bicyclic) bond motifs is 1. The largest absolute Gasteiger partial charge is 0.352 e. The van der Waals surface area contributed by atoms with Crippen LogP contribution in [0.4, 0.5) is 0 Å². The summed E-state index contributed by atoms with van der Waals surface area (Å²) in [5.74, 6) is 0.418. The number of rotatable bonds is 3. The number of para-hydroxylation sites is 1. The summed E-state index contributed by atoms with van der Waals surface area (Å²) < 4.78 is 0.961. The lowest BCUT2D eigenvalue weighted by molar-refractivity contribution is -0.122. The van der Waals surface area contributed by atoms with E-state index >= 15 is 0 Å². The van der Waals surface area contributed by atoms with Gasteiger partial charge in [-0.3, -0.25) is 14.2 Å². The third-order valence-electron chi connectivity index (χ3n) is 4.57. The second kappa shape index (κ2) is 6.40. The number of H-pyrrole nitrogens is 1. The first-order valence-corrected chi connectivity index (χ1v) is 8.06. The number of nitrogens with zero attached hydrogens (tertiary/aromatic N) is 1. The zero-order chi connectivity index (χ0) is 16.4. The molecule has 0 atom stereocenters. The number of hydrogen-bond donors (Lipinski definition) is 2. The quantitative estimate of drug-likeness (QED) is 0.897. The van der Waals surface area contributed by atoms with E-state index in [0.717, 1.165) is 30.3 Å². The Morgan fingerprint density at radius 2 is 1.91 bits per heavy atom. The van der Waals surface area contributed by atoms with Crippen molar-refractivity contribution in [1.82, 2.24) is 14.9 Å². The maximum Gasteiger partial charge on any atom is 0.329 e. The van der Waals surface area contributed by atoms with Crippen molar-refractivity contribution in [1.29, 1.82) is 0 Å². The van der Waals surface area contributed by atoms with Gasteiger partial charge < -0.3 is 10.3 Å². The lowest BCUT2D eigenvalue weighted by atomic mass is 9.87. The third kappa shape index (κ3) is 3.36. The molecule has 0 spiro atoms. The molecule has 0 radical (unpaired) electrons. The molecule has 1 fully saturated rings. The maximum absolute atomic E-state index is 12.4. The minimum absolute atomic E-state index is 0.147. The van der Waals surface area contributed by atoms with Crippen LogP contribution in [0.15, 0.2) is 33.9 Å². The molecule has 1 aliphatic carbocycles. The summed E-state index contributed by atoms with van der Waals surface area (Å²) in [5.41, 5.74) is -0.502. The number of carbonyl (C=O) groups excluding carboxylic acids is 1. The molecular formula is C17H21N3O3. The molecule has 1 heterocycles. The molecule has 1 aliphatic rings. The van der Waals surface area contributed by atoms with E-state index in [-0.39, 0.29) is 18.5 Å². The van der Waals surface area contributed by atoms with Crippen LogP contribution in [0.2, 0.25) is 0 Å². The molecule has 6 heteroatoms. The highest BCUT2D eigenvalue weighted by Gasteiger charge is 2.20. The Kier molecular flexibility index (Phi) is 4.32. The van der Waals surface area contributed by atoms with Gasteiger partial charge in [-0.1, -0.05) is 19.1 Å². The van der Waals surface area contributed by atoms with Crippen LogP contribution >= 0.6 is 0 Å². The number of hydrogen-bond acceptors (Lipinski definition) is 3. The molecule has 1 saturated carbocycles. The smallest absolute Gasteiger partial charge is 0.329 e. The molecule has 122 valence electrons. The van der Waals surface area contributed by atoms with Gasteiger partial charge in [0.05, 0.1) is 10.9 Å². The number of aromatic amines is 1. The van der Waals surface area contributed by atoms with Gasteiger partial charge in [-0.25, -0.2) is 4.79 Å². The topological polar surface area (TPSA) is 84.0 Å². The zero-order valence-electron chi connectivity index (χ0n) is 13.2. The molecule has 1 amide bonds. The van der Waals surface area contributed by atoms with Crippen molar-refractivity contribution in [3.05, 3.63) is 45.1 Å². The van der Waals surface area contributed by atoms with Crippen molar-refractivity contribution < 1.29 is 4.79 Å². The summed E-state index contributed by atoms with van der Waals surface area (Å²) in [4.78, 5) is 39.3. The van der Waals surface area contributed by atoms with Gasteiger partial charge in [0.25, 0.3) is 5.56 Å². The molecule has 0 saturated heterocycles. The van der Waals surface area contributed by atoms with Gasteiger partial charge in [-0.2, -0.15) is 0 Å². The summed E-state index contributed by atoms with van der Waals surface area (Å²) >= 11 is 0. The van der Waals surface area contributed by atoms with E-state index in [9.17, 15) is 14.4 Å². The first-order valence-electron chi connectivity index (χ1n) is 8.06. The summed E-state index contributed by atoms with van der Waals surface area (Å²) in [7, 11) is 0. The fourth-order valence-corrected chi connectivity index (χ4v) is 3.16. The number of benzene rings is 1. The van der Waals surface area contributed by atoms with Gasteiger partial charge in [0.1, 0.15) is 6.54 Å². The van der Waals surface area contributed by atoms with Crippen LogP contribution in [0.3, 0.4) is 0 Å². The van der Waals surface area contributed by atoms with Crippen molar-refractivity contribution in [2.75, 3.05) is 0 Å². The van der Waals surface area contributed by atoms with Crippen LogP contribution in [0.1, 0.15) is 32.6 Å². The van der Waals surface area contributed by atoms with E-state index in [1.165, 1.54) is 0 Å². The molecule has 0 unspecified atom stereocenters. The van der Waals surface area contributed by atoms with Crippen molar-refractivity contribution in [3.63, 3.8) is 0 Å². The van der Waals surface area contributed by atoms with Gasteiger partial charge in [0, 0.05) is 6.04 Å². The fourth-order valence-electron chi connectivity index (χ4n) is 3.16. The van der Waals surface area contributed by atoms with Crippen LogP contribution in [0, 0.1) is 5.92 Å². The normalized spacial score (nSPS) is 21.3. The van der Waals surface area contributed by atoms with Crippen molar-refractivity contribution in [3.8, 4) is 0 Å². The lowest BCUT2D eigenvalue weighted by Gasteiger charge is -2.26. The molecular weight excluding hydrogens is 294 g/mol. The Labute approximate surface area is 133 Å². The van der Waals surface area contributed by atoms with E-state index in [4.69, 9.17) is 0 Å². The van der Waals surface area contributed by atoms with Crippen LogP contribution in [0.25, 0.3) is 10.9 Å². The van der Waals surface area contributed by atoms with Crippen LogP contribution in [-0.2, 0) is 11.3 Å². The zero-order valence-corrected chi connectivity index (χ0v) is 13.2. The minimum atomic E-state index is -0.555. The number of carbonyl (C=O) groups is 1. The number of nitrogens with one attached hydrogen (secondary N) is 2. The molecule has 1 aromatic carbocycles. The minimum Gasteiger partial charge on any atom is -0.352 e. The van der Waals surface area contributed by atoms with E-state index in [1.54, 1.807) is 24.3 Å². The van der Waals surface area contributed by atoms with E-state index in [1.807, 2.05) is 0 Å². The standard InChI is InChI=1S/C17H21N3O3/c1-11-6-8-12(9-7-11)18-15(21)10-20-16(22)13-4-2-3-5-14(13)19-17(20)23/h2-5,11-12H,6-10H2,1H3,(H,18,21)(H,19,23). The van der Waals surface area contributed by atoms with E-state index < -0.39 is 11.2 Å². The second-order valence-corrected chi connectivity index (χ2v) is 6.39. The van der Waals surface area contributed by atoms with Crippen LogP contribution in [-0.4, -0.2) is 21.5 Å². The Hall–Kier alpha value is -2.37. The molecule has 6 nitrogen and oxygen atoms in total. The SMILES string of the molecule is CC1CCC(NC(=O)Cn2c(=O)[nH]c3ccccc3c2=O)CC1. The van der Waals surface area contributed by atoms with Gasteiger partial charge in [0.2, 0.25) is 5.91 Å². The Morgan fingerprint density at radius 3 is 2.65 bits per heavy atom. The second-order valence-electron chi connectivity index (χ2n) is 6.39. The Balaban J connectivity index is 1.77. The molecule has 0 bridgehead atoms. The molecule has 3 rings (SSSR count). The highest BCUT2D eigenvalue weighted by atomic mass is 16.2. The first-order chi connectivity index (χ1) is 11.0. The predicted octanol–water partition coefficient (Wildman–Crippen LogP) is 1.38. The summed E-state index contributed by atoms with van der Waals surface area (Å²) in [5, 5.41) is 3.35. The predicted molar refractivity (Wildman–Crippen MR) is 88.4 cm³/mol. The average Bonchev–Trinajstić information content (AvgIpc) is 2.54. The monoisotopic (exact) mass is 315 g/mol.